The fourth-order valence-corrected chi connectivity index (χ4v) is 3.74. The third-order valence-electron chi connectivity index (χ3n) is 5.39. The van der Waals surface area contributed by atoms with E-state index >= 15 is 0 Å². The van der Waals surface area contributed by atoms with Gasteiger partial charge in [-0.1, -0.05) is 62.4 Å². The molecule has 2 aromatic carbocycles. The van der Waals surface area contributed by atoms with Gasteiger partial charge in [-0.25, -0.2) is 0 Å². The van der Waals surface area contributed by atoms with Crippen LogP contribution in [0.2, 0.25) is 0 Å². The van der Waals surface area contributed by atoms with Crippen LogP contribution < -0.4 is 4.74 Å². The Morgan fingerprint density at radius 1 is 1.03 bits per heavy atom. The number of amides is 1. The topological polar surface area (TPSA) is 56.6 Å². The highest BCUT2D eigenvalue weighted by molar-refractivity contribution is 5.78. The Bertz CT molecular complexity index is 837. The molecule has 0 N–H and O–H groups in total. The molecule has 1 aliphatic rings. The second kappa shape index (κ2) is 10.1. The van der Waals surface area contributed by atoms with E-state index < -0.39 is 0 Å². The predicted octanol–water partition coefficient (Wildman–Crippen LogP) is 3.35. The van der Waals surface area contributed by atoms with Crippen molar-refractivity contribution in [1.29, 1.82) is 5.26 Å². The number of carbonyl (C=O) groups excluding carboxylic acids is 1. The Kier molecular flexibility index (Phi) is 7.26. The van der Waals surface area contributed by atoms with E-state index in [2.05, 4.69) is 36.9 Å². The Morgan fingerprint density at radius 2 is 1.69 bits per heavy atom. The largest absolute Gasteiger partial charge is 0.483 e. The minimum Gasteiger partial charge on any atom is -0.483 e. The first-order valence-electron chi connectivity index (χ1n) is 10.2. The molecule has 1 aliphatic heterocycles. The number of benzene rings is 2. The lowest BCUT2D eigenvalue weighted by Crippen LogP contribution is -2.53. The first kappa shape index (κ1) is 20.9. The fraction of sp³-hybridized carbons (Fsp3) is 0.417. The molecule has 1 heterocycles. The summed E-state index contributed by atoms with van der Waals surface area (Å²) >= 11 is 0. The van der Waals surface area contributed by atoms with Gasteiger partial charge in [0.25, 0.3) is 5.91 Å². The third-order valence-corrected chi connectivity index (χ3v) is 5.39. The first-order valence-corrected chi connectivity index (χ1v) is 10.2. The molecule has 1 unspecified atom stereocenters. The molecule has 0 saturated carbocycles. The Balaban J connectivity index is 1.54. The average Bonchev–Trinajstić information content (AvgIpc) is 2.74. The zero-order chi connectivity index (χ0) is 20.6. The quantitative estimate of drug-likeness (QED) is 0.726. The van der Waals surface area contributed by atoms with Crippen LogP contribution in [0.3, 0.4) is 0 Å². The maximum atomic E-state index is 12.6. The van der Waals surface area contributed by atoms with Gasteiger partial charge < -0.3 is 9.64 Å². The van der Waals surface area contributed by atoms with E-state index in [1.165, 1.54) is 5.56 Å². The van der Waals surface area contributed by atoms with Crippen LogP contribution in [0.25, 0.3) is 0 Å². The van der Waals surface area contributed by atoms with Gasteiger partial charge in [0.2, 0.25) is 0 Å². The van der Waals surface area contributed by atoms with Crippen molar-refractivity contribution in [2.24, 2.45) is 5.92 Å². The first-order chi connectivity index (χ1) is 14.1. The summed E-state index contributed by atoms with van der Waals surface area (Å²) < 4.78 is 5.90. The van der Waals surface area contributed by atoms with Gasteiger partial charge in [-0.2, -0.15) is 5.26 Å². The van der Waals surface area contributed by atoms with E-state index in [-0.39, 0.29) is 24.5 Å². The highest BCUT2D eigenvalue weighted by Gasteiger charge is 2.27. The van der Waals surface area contributed by atoms with E-state index in [0.29, 0.717) is 13.1 Å². The summed E-state index contributed by atoms with van der Waals surface area (Å²) in [5.74, 6) is 1.04. The average molecular weight is 392 g/mol. The van der Waals surface area contributed by atoms with E-state index in [9.17, 15) is 10.1 Å². The van der Waals surface area contributed by atoms with Crippen molar-refractivity contribution in [3.8, 4) is 11.8 Å². The van der Waals surface area contributed by atoms with Gasteiger partial charge in [0.05, 0.1) is 6.07 Å². The predicted molar refractivity (Wildman–Crippen MR) is 114 cm³/mol. The molecule has 29 heavy (non-hydrogen) atoms. The zero-order valence-corrected chi connectivity index (χ0v) is 17.3. The molecule has 2 aromatic rings. The number of hydrogen-bond donors (Lipinski definition) is 0. The molecule has 0 bridgehead atoms. The number of hydrogen-bond acceptors (Lipinski definition) is 4. The van der Waals surface area contributed by atoms with Gasteiger partial charge in [-0.3, -0.25) is 9.69 Å². The van der Waals surface area contributed by atoms with E-state index in [1.54, 1.807) is 0 Å². The zero-order valence-electron chi connectivity index (χ0n) is 17.3. The fourth-order valence-electron chi connectivity index (χ4n) is 3.74. The second-order valence-corrected chi connectivity index (χ2v) is 7.79. The van der Waals surface area contributed by atoms with Crippen LogP contribution in [0.4, 0.5) is 0 Å². The summed E-state index contributed by atoms with van der Waals surface area (Å²) in [5, 5.41) is 9.37. The molecule has 0 aromatic heterocycles. The highest BCUT2D eigenvalue weighted by Crippen LogP contribution is 2.22. The Labute approximate surface area is 173 Å². The Hall–Kier alpha value is -2.84. The molecule has 5 heteroatoms. The normalized spacial score (nSPS) is 15.7. The number of para-hydroxylation sites is 1. The van der Waals surface area contributed by atoms with Crippen molar-refractivity contribution in [3.63, 3.8) is 0 Å². The molecule has 1 fully saturated rings. The summed E-state index contributed by atoms with van der Waals surface area (Å²) in [5.41, 5.74) is 2.29. The monoisotopic (exact) mass is 391 g/mol. The summed E-state index contributed by atoms with van der Waals surface area (Å²) in [4.78, 5) is 16.6. The number of nitrogens with zero attached hydrogens (tertiary/aromatic N) is 3. The van der Waals surface area contributed by atoms with Crippen LogP contribution in [0.1, 0.15) is 25.0 Å². The molecule has 0 spiro atoms. The molecule has 1 atom stereocenters. The van der Waals surface area contributed by atoms with Gasteiger partial charge in [0, 0.05) is 32.6 Å². The Morgan fingerprint density at radius 3 is 2.34 bits per heavy atom. The van der Waals surface area contributed by atoms with Crippen LogP contribution >= 0.6 is 0 Å². The molecule has 1 saturated heterocycles. The van der Waals surface area contributed by atoms with Crippen molar-refractivity contribution in [1.82, 2.24) is 9.80 Å². The van der Waals surface area contributed by atoms with Crippen molar-refractivity contribution in [3.05, 3.63) is 65.7 Å². The van der Waals surface area contributed by atoms with Crippen LogP contribution in [-0.2, 0) is 11.2 Å². The molecular formula is C24H29N3O2. The standard InChI is InChI=1S/C24H29N3O2/c1-19(2)22(17-25)26-12-14-27(15-13-26)24(28)18-29-23-11-7-6-10-21(23)16-20-8-4-3-5-9-20/h3-11,19,22H,12-16,18H2,1-2H3. The van der Waals surface area contributed by atoms with Crippen molar-refractivity contribution < 1.29 is 9.53 Å². The maximum absolute atomic E-state index is 12.6. The number of rotatable bonds is 7. The van der Waals surface area contributed by atoms with E-state index in [1.807, 2.05) is 47.4 Å². The van der Waals surface area contributed by atoms with Gasteiger partial charge in [-0.15, -0.1) is 0 Å². The molecule has 152 valence electrons. The van der Waals surface area contributed by atoms with Gasteiger partial charge >= 0.3 is 0 Å². The van der Waals surface area contributed by atoms with Gasteiger partial charge in [0.1, 0.15) is 11.8 Å². The smallest absolute Gasteiger partial charge is 0.260 e. The lowest BCUT2D eigenvalue weighted by molar-refractivity contribution is -0.135. The number of nitriles is 1. The minimum atomic E-state index is -0.0895. The van der Waals surface area contributed by atoms with Crippen LogP contribution in [0, 0.1) is 17.2 Å². The summed E-state index contributed by atoms with van der Waals surface area (Å²) in [6.07, 6.45) is 0.772. The maximum Gasteiger partial charge on any atom is 0.260 e. The third kappa shape index (κ3) is 5.58. The van der Waals surface area contributed by atoms with Crippen LogP contribution in [-0.4, -0.2) is 54.5 Å². The lowest BCUT2D eigenvalue weighted by atomic mass is 10.0. The highest BCUT2D eigenvalue weighted by atomic mass is 16.5. The molecular weight excluding hydrogens is 362 g/mol. The van der Waals surface area contributed by atoms with Crippen LogP contribution in [0.15, 0.2) is 54.6 Å². The molecule has 0 radical (unpaired) electrons. The molecule has 5 nitrogen and oxygen atoms in total. The molecule has 0 aliphatic carbocycles. The van der Waals surface area contributed by atoms with Gasteiger partial charge in [0.15, 0.2) is 6.61 Å². The lowest BCUT2D eigenvalue weighted by Gasteiger charge is -2.38. The van der Waals surface area contributed by atoms with Crippen molar-refractivity contribution in [2.45, 2.75) is 26.3 Å². The summed E-state index contributed by atoms with van der Waals surface area (Å²) in [7, 11) is 0. The summed E-state index contributed by atoms with van der Waals surface area (Å²) in [6, 6.07) is 20.4. The number of carbonyl (C=O) groups is 1. The van der Waals surface area contributed by atoms with E-state index in [4.69, 9.17) is 4.74 Å². The SMILES string of the molecule is CC(C)C(C#N)N1CCN(C(=O)COc2ccccc2Cc2ccccc2)CC1. The number of ether oxygens (including phenoxy) is 1. The minimum absolute atomic E-state index is 0.00258. The summed E-state index contributed by atoms with van der Waals surface area (Å²) in [6.45, 7) is 6.90. The molecule has 1 amide bonds. The van der Waals surface area contributed by atoms with E-state index in [0.717, 1.165) is 30.8 Å². The van der Waals surface area contributed by atoms with Crippen molar-refractivity contribution in [2.75, 3.05) is 32.8 Å². The molecule has 3 rings (SSSR count). The number of piperazine rings is 1. The van der Waals surface area contributed by atoms with Gasteiger partial charge in [-0.05, 0) is 23.1 Å². The van der Waals surface area contributed by atoms with Crippen LogP contribution in [0.5, 0.6) is 5.75 Å². The second-order valence-electron chi connectivity index (χ2n) is 7.79. The van der Waals surface area contributed by atoms with Crippen molar-refractivity contribution >= 4 is 5.91 Å².